The first-order valence-corrected chi connectivity index (χ1v) is 12.7. The van der Waals surface area contributed by atoms with E-state index in [0.717, 1.165) is 21.1 Å². The highest BCUT2D eigenvalue weighted by Gasteiger charge is 2.31. The van der Waals surface area contributed by atoms with Crippen molar-refractivity contribution < 1.29 is 14.3 Å². The molecule has 0 aliphatic heterocycles. The molecule has 2 amide bonds. The van der Waals surface area contributed by atoms with Crippen LogP contribution in [0.15, 0.2) is 78.9 Å². The zero-order chi connectivity index (χ0) is 24.3. The van der Waals surface area contributed by atoms with E-state index < -0.39 is 6.04 Å². The summed E-state index contributed by atoms with van der Waals surface area (Å²) in [6, 6.07) is 23.8. The highest BCUT2D eigenvalue weighted by molar-refractivity contribution is 14.1. The van der Waals surface area contributed by atoms with Crippen LogP contribution in [0.25, 0.3) is 0 Å². The van der Waals surface area contributed by atoms with E-state index in [0.29, 0.717) is 23.7 Å². The number of carbonyl (C=O) groups is 2. The Morgan fingerprint density at radius 3 is 2.35 bits per heavy atom. The number of halogens is 2. The van der Waals surface area contributed by atoms with E-state index in [4.69, 9.17) is 16.3 Å². The fourth-order valence-corrected chi connectivity index (χ4v) is 4.04. The van der Waals surface area contributed by atoms with Crippen LogP contribution in [-0.2, 0) is 22.6 Å². The van der Waals surface area contributed by atoms with Crippen molar-refractivity contribution in [2.24, 2.45) is 0 Å². The molecule has 0 aliphatic rings. The van der Waals surface area contributed by atoms with Gasteiger partial charge in [-0.15, -0.1) is 0 Å². The van der Waals surface area contributed by atoms with E-state index in [1.165, 1.54) is 0 Å². The van der Waals surface area contributed by atoms with Crippen LogP contribution in [0.4, 0.5) is 0 Å². The summed E-state index contributed by atoms with van der Waals surface area (Å²) in [5.41, 5.74) is 1.74. The molecule has 1 N–H and O–H groups in total. The number of benzene rings is 3. The maximum absolute atomic E-state index is 13.5. The van der Waals surface area contributed by atoms with Gasteiger partial charge in [-0.3, -0.25) is 9.59 Å². The fourth-order valence-electron chi connectivity index (χ4n) is 3.49. The lowest BCUT2D eigenvalue weighted by molar-refractivity contribution is -0.142. The molecule has 0 aromatic heterocycles. The number of rotatable bonds is 11. The van der Waals surface area contributed by atoms with Gasteiger partial charge in [0, 0.05) is 28.1 Å². The second-order valence-electron chi connectivity index (χ2n) is 7.85. The number of hydrogen-bond donors (Lipinski definition) is 1. The summed E-state index contributed by atoms with van der Waals surface area (Å²) in [4.78, 5) is 28.3. The van der Waals surface area contributed by atoms with E-state index in [-0.39, 0.29) is 25.0 Å². The molecule has 3 aromatic rings. The monoisotopic (exact) mass is 590 g/mol. The highest BCUT2D eigenvalue weighted by atomic mass is 127. The Kier molecular flexibility index (Phi) is 10.2. The maximum Gasteiger partial charge on any atom is 0.261 e. The van der Waals surface area contributed by atoms with Gasteiger partial charge in [-0.05, 0) is 70.5 Å². The van der Waals surface area contributed by atoms with Crippen molar-refractivity contribution in [2.45, 2.75) is 32.4 Å². The first-order chi connectivity index (χ1) is 16.5. The van der Waals surface area contributed by atoms with E-state index in [2.05, 4.69) is 27.9 Å². The third-order valence-electron chi connectivity index (χ3n) is 5.29. The van der Waals surface area contributed by atoms with E-state index in [1.54, 1.807) is 11.0 Å². The Hall–Kier alpha value is -2.58. The smallest absolute Gasteiger partial charge is 0.261 e. The Bertz CT molecular complexity index is 1080. The van der Waals surface area contributed by atoms with Crippen LogP contribution < -0.4 is 10.1 Å². The Balaban J connectivity index is 1.89. The molecule has 178 valence electrons. The summed E-state index contributed by atoms with van der Waals surface area (Å²) in [6.45, 7) is 2.55. The van der Waals surface area contributed by atoms with Crippen LogP contribution in [0, 0.1) is 3.57 Å². The first-order valence-electron chi connectivity index (χ1n) is 11.2. The van der Waals surface area contributed by atoms with Crippen LogP contribution in [0.1, 0.15) is 24.5 Å². The largest absolute Gasteiger partial charge is 0.484 e. The molecule has 0 radical (unpaired) electrons. The fraction of sp³-hybridized carbons (Fsp3) is 0.259. The third kappa shape index (κ3) is 7.74. The summed E-state index contributed by atoms with van der Waals surface area (Å²) >= 11 is 8.63. The van der Waals surface area contributed by atoms with E-state index in [9.17, 15) is 9.59 Å². The highest BCUT2D eigenvalue weighted by Crippen LogP contribution is 2.21. The van der Waals surface area contributed by atoms with Crippen molar-refractivity contribution >= 4 is 46.0 Å². The number of nitrogens with zero attached hydrogens (tertiary/aromatic N) is 1. The minimum Gasteiger partial charge on any atom is -0.484 e. The zero-order valence-electron chi connectivity index (χ0n) is 19.0. The predicted octanol–water partition coefficient (Wildman–Crippen LogP) is 5.49. The van der Waals surface area contributed by atoms with Crippen LogP contribution >= 0.6 is 34.2 Å². The molecule has 34 heavy (non-hydrogen) atoms. The van der Waals surface area contributed by atoms with Gasteiger partial charge < -0.3 is 15.0 Å². The molecule has 0 saturated carbocycles. The summed E-state index contributed by atoms with van der Waals surface area (Å²) in [5.74, 6) is 0.118. The van der Waals surface area contributed by atoms with Gasteiger partial charge in [0.05, 0.1) is 0 Å². The lowest BCUT2D eigenvalue weighted by atomic mass is 10.0. The van der Waals surface area contributed by atoms with Crippen molar-refractivity contribution in [3.05, 3.63) is 98.6 Å². The number of amides is 2. The molecule has 0 aliphatic carbocycles. The quantitative estimate of drug-likeness (QED) is 0.301. The molecular weight excluding hydrogens is 563 g/mol. The third-order valence-corrected chi connectivity index (χ3v) is 6.38. The molecule has 3 rings (SSSR count). The number of carbonyl (C=O) groups excluding carboxylic acids is 2. The minimum atomic E-state index is -0.710. The molecule has 0 bridgehead atoms. The molecule has 3 aromatic carbocycles. The lowest BCUT2D eigenvalue weighted by Crippen LogP contribution is -2.51. The topological polar surface area (TPSA) is 58.6 Å². The van der Waals surface area contributed by atoms with Crippen molar-refractivity contribution in [3.8, 4) is 5.75 Å². The lowest BCUT2D eigenvalue weighted by Gasteiger charge is -2.31. The van der Waals surface area contributed by atoms with Gasteiger partial charge in [0.15, 0.2) is 6.61 Å². The van der Waals surface area contributed by atoms with E-state index in [1.807, 2.05) is 79.7 Å². The molecular formula is C27H28ClIN2O3. The normalized spacial score (nSPS) is 11.5. The molecule has 7 heteroatoms. The molecule has 5 nitrogen and oxygen atoms in total. The van der Waals surface area contributed by atoms with Gasteiger partial charge in [-0.2, -0.15) is 0 Å². The van der Waals surface area contributed by atoms with Crippen molar-refractivity contribution in [2.75, 3.05) is 13.2 Å². The zero-order valence-corrected chi connectivity index (χ0v) is 22.0. The van der Waals surface area contributed by atoms with Gasteiger partial charge in [0.2, 0.25) is 5.91 Å². The van der Waals surface area contributed by atoms with Gasteiger partial charge in [-0.25, -0.2) is 0 Å². The van der Waals surface area contributed by atoms with Crippen molar-refractivity contribution in [3.63, 3.8) is 0 Å². The van der Waals surface area contributed by atoms with Crippen LogP contribution in [0.5, 0.6) is 5.75 Å². The molecule has 0 saturated heterocycles. The van der Waals surface area contributed by atoms with E-state index >= 15 is 0 Å². The predicted molar refractivity (Wildman–Crippen MR) is 144 cm³/mol. The summed E-state index contributed by atoms with van der Waals surface area (Å²) < 4.78 is 6.85. The summed E-state index contributed by atoms with van der Waals surface area (Å²) in [6.07, 6.45) is 1.19. The number of hydrogen-bond acceptors (Lipinski definition) is 3. The van der Waals surface area contributed by atoms with Crippen LogP contribution in [0.2, 0.25) is 5.02 Å². The minimum absolute atomic E-state index is 0.183. The van der Waals surface area contributed by atoms with Gasteiger partial charge in [0.25, 0.3) is 5.91 Å². The number of nitrogens with one attached hydrogen (secondary N) is 1. The molecule has 0 fully saturated rings. The Morgan fingerprint density at radius 1 is 1.00 bits per heavy atom. The molecule has 0 unspecified atom stereocenters. The van der Waals surface area contributed by atoms with Gasteiger partial charge in [0.1, 0.15) is 11.8 Å². The summed E-state index contributed by atoms with van der Waals surface area (Å²) in [5, 5.41) is 3.51. The first kappa shape index (κ1) is 26.0. The van der Waals surface area contributed by atoms with Crippen molar-refractivity contribution in [1.29, 1.82) is 0 Å². The van der Waals surface area contributed by atoms with Crippen LogP contribution in [-0.4, -0.2) is 35.9 Å². The average Bonchev–Trinajstić information content (AvgIpc) is 2.85. The summed E-state index contributed by atoms with van der Waals surface area (Å²) in [7, 11) is 0. The SMILES string of the molecule is CCCNC(=O)[C@H](Cc1ccccc1)N(Cc1ccccc1Cl)C(=O)COc1ccc(I)cc1. The Morgan fingerprint density at radius 2 is 1.68 bits per heavy atom. The van der Waals surface area contributed by atoms with Crippen molar-refractivity contribution in [1.82, 2.24) is 10.2 Å². The average molecular weight is 591 g/mol. The van der Waals surface area contributed by atoms with Crippen LogP contribution in [0.3, 0.4) is 0 Å². The maximum atomic E-state index is 13.5. The Labute approximate surface area is 219 Å². The second kappa shape index (κ2) is 13.3. The standard InChI is InChI=1S/C27H28ClIN2O3/c1-2-16-30-27(33)25(17-20-8-4-3-5-9-20)31(18-21-10-6-7-11-24(21)28)26(32)19-34-23-14-12-22(29)13-15-23/h3-15,25H,2,16-19H2,1H3,(H,30,33)/t25-/m0/s1. The molecule has 1 atom stereocenters. The second-order valence-corrected chi connectivity index (χ2v) is 9.51. The van der Waals surface area contributed by atoms with Gasteiger partial charge in [-0.1, -0.05) is 67.1 Å². The number of ether oxygens (including phenoxy) is 1. The van der Waals surface area contributed by atoms with Gasteiger partial charge >= 0.3 is 0 Å². The molecule has 0 heterocycles. The molecule has 0 spiro atoms.